The molecular weight excluding hydrogens is 266 g/mol. The molecule has 0 spiro atoms. The number of rotatable bonds is 8. The van der Waals surface area contributed by atoms with E-state index in [9.17, 15) is 18.8 Å². The van der Waals surface area contributed by atoms with E-state index in [4.69, 9.17) is 0 Å². The molecule has 0 saturated heterocycles. The molecule has 4 nitrogen and oxygen atoms in total. The van der Waals surface area contributed by atoms with Gasteiger partial charge >= 0.3 is 0 Å². The maximum absolute atomic E-state index is 13.2. The summed E-state index contributed by atoms with van der Waals surface area (Å²) in [5.74, 6) is -3.14. The van der Waals surface area contributed by atoms with E-state index in [1.807, 2.05) is 0 Å². The second-order valence-corrected chi connectivity index (χ2v) is 4.62. The lowest BCUT2D eigenvalue weighted by Gasteiger charge is -2.20. The van der Waals surface area contributed by atoms with Crippen LogP contribution in [0, 0.1) is 0 Å². The highest BCUT2D eigenvalue weighted by Crippen LogP contribution is 2.24. The van der Waals surface area contributed by atoms with Gasteiger partial charge in [0.05, 0.1) is 6.67 Å². The Morgan fingerprint density at radius 2 is 1.95 bits per heavy atom. The molecule has 0 aliphatic carbocycles. The van der Waals surface area contributed by atoms with E-state index >= 15 is 0 Å². The molecule has 6 heteroatoms. The van der Waals surface area contributed by atoms with Crippen molar-refractivity contribution in [3.63, 3.8) is 0 Å². The van der Waals surface area contributed by atoms with Crippen LogP contribution in [0.1, 0.15) is 36.5 Å². The van der Waals surface area contributed by atoms with Crippen molar-refractivity contribution in [2.45, 2.75) is 32.1 Å². The molecule has 0 atom stereocenters. The van der Waals surface area contributed by atoms with E-state index in [0.717, 1.165) is 0 Å². The smallest absolute Gasteiger partial charge is 0.252 e. The van der Waals surface area contributed by atoms with E-state index in [-0.39, 0.29) is 25.5 Å². The summed E-state index contributed by atoms with van der Waals surface area (Å²) in [6.07, 6.45) is -0.237. The number of hydrogen-bond acceptors (Lipinski definition) is 3. The second-order valence-electron chi connectivity index (χ2n) is 4.62. The summed E-state index contributed by atoms with van der Waals surface area (Å²) in [4.78, 5) is 11.7. The first-order valence-electron chi connectivity index (χ1n) is 6.59. The fourth-order valence-electron chi connectivity index (χ4n) is 1.72. The fraction of sp³-hybridized carbons (Fsp3) is 0.500. The molecule has 112 valence electrons. The predicted octanol–water partition coefficient (Wildman–Crippen LogP) is 2.89. The minimum atomic E-state index is -2.78. The van der Waals surface area contributed by atoms with Crippen LogP contribution in [0.5, 0.6) is 0 Å². The molecule has 1 aromatic rings. The molecule has 0 saturated carbocycles. The molecule has 1 rings (SSSR count). The van der Waals surface area contributed by atoms with Crippen molar-refractivity contribution < 1.29 is 18.8 Å². The summed E-state index contributed by atoms with van der Waals surface area (Å²) in [5, 5.41) is 12.6. The molecule has 20 heavy (non-hydrogen) atoms. The van der Waals surface area contributed by atoms with Crippen molar-refractivity contribution in [2.75, 3.05) is 13.2 Å². The van der Waals surface area contributed by atoms with Gasteiger partial charge in [-0.15, -0.1) is 0 Å². The standard InChI is InChI=1S/C14H20F2N2O2/c1-2-8-14(15,16)9-10-18(20)11-17-13(19)12-6-4-3-5-7-12/h3-7,20H,2,8-11H2,1H3,(H,17,19). The van der Waals surface area contributed by atoms with Crippen LogP contribution in [0.3, 0.4) is 0 Å². The number of alkyl halides is 2. The van der Waals surface area contributed by atoms with Crippen LogP contribution in [0.2, 0.25) is 0 Å². The van der Waals surface area contributed by atoms with Gasteiger partial charge in [0, 0.05) is 24.9 Å². The number of carbonyl (C=O) groups excluding carboxylic acids is 1. The highest BCUT2D eigenvalue weighted by Gasteiger charge is 2.27. The highest BCUT2D eigenvalue weighted by molar-refractivity contribution is 5.94. The fourth-order valence-corrected chi connectivity index (χ4v) is 1.72. The first kappa shape index (κ1) is 16.5. The van der Waals surface area contributed by atoms with Gasteiger partial charge < -0.3 is 10.5 Å². The zero-order valence-electron chi connectivity index (χ0n) is 11.5. The Morgan fingerprint density at radius 1 is 1.30 bits per heavy atom. The van der Waals surface area contributed by atoms with Crippen LogP contribution < -0.4 is 5.32 Å². The summed E-state index contributed by atoms with van der Waals surface area (Å²) in [5.41, 5.74) is 0.456. The van der Waals surface area contributed by atoms with Crippen molar-refractivity contribution in [3.05, 3.63) is 35.9 Å². The Morgan fingerprint density at radius 3 is 2.55 bits per heavy atom. The Kier molecular flexibility index (Phi) is 6.54. The second kappa shape index (κ2) is 7.91. The van der Waals surface area contributed by atoms with E-state index < -0.39 is 12.3 Å². The van der Waals surface area contributed by atoms with Crippen molar-refractivity contribution in [1.29, 1.82) is 0 Å². The van der Waals surface area contributed by atoms with Crippen LogP contribution in [0.4, 0.5) is 8.78 Å². The maximum atomic E-state index is 13.2. The third-order valence-corrected chi connectivity index (χ3v) is 2.81. The Balaban J connectivity index is 2.30. The number of hydroxylamine groups is 2. The maximum Gasteiger partial charge on any atom is 0.252 e. The molecule has 0 bridgehead atoms. The summed E-state index contributed by atoms with van der Waals surface area (Å²) < 4.78 is 26.4. The number of benzene rings is 1. The largest absolute Gasteiger partial charge is 0.337 e. The van der Waals surface area contributed by atoms with Gasteiger partial charge in [0.1, 0.15) is 0 Å². The molecule has 0 unspecified atom stereocenters. The summed E-state index contributed by atoms with van der Waals surface area (Å²) in [7, 11) is 0. The van der Waals surface area contributed by atoms with Gasteiger partial charge in [0.15, 0.2) is 0 Å². The molecule has 0 aromatic heterocycles. The van der Waals surface area contributed by atoms with Crippen molar-refractivity contribution in [2.24, 2.45) is 0 Å². The van der Waals surface area contributed by atoms with Gasteiger partial charge in [-0.05, 0) is 12.1 Å². The molecular formula is C14H20F2N2O2. The van der Waals surface area contributed by atoms with Crippen LogP contribution in [0.15, 0.2) is 30.3 Å². The van der Waals surface area contributed by atoms with E-state index in [1.165, 1.54) is 0 Å². The molecule has 0 aliphatic rings. The zero-order valence-corrected chi connectivity index (χ0v) is 11.5. The number of carbonyl (C=O) groups is 1. The summed E-state index contributed by atoms with van der Waals surface area (Å²) in [6, 6.07) is 8.48. The first-order valence-corrected chi connectivity index (χ1v) is 6.59. The number of hydrogen-bond donors (Lipinski definition) is 2. The van der Waals surface area contributed by atoms with E-state index in [2.05, 4.69) is 5.32 Å². The molecule has 0 aliphatic heterocycles. The minimum absolute atomic E-state index is 0.185. The lowest BCUT2D eigenvalue weighted by atomic mass is 10.1. The molecule has 1 aromatic carbocycles. The van der Waals surface area contributed by atoms with Gasteiger partial charge in [-0.2, -0.15) is 5.06 Å². The Bertz CT molecular complexity index is 413. The van der Waals surface area contributed by atoms with Gasteiger partial charge in [0.25, 0.3) is 5.91 Å². The van der Waals surface area contributed by atoms with Crippen molar-refractivity contribution >= 4 is 5.91 Å². The molecule has 0 fully saturated rings. The number of nitrogens with one attached hydrogen (secondary N) is 1. The molecule has 1 amide bonds. The van der Waals surface area contributed by atoms with Gasteiger partial charge in [-0.3, -0.25) is 4.79 Å². The molecule has 2 N–H and O–H groups in total. The highest BCUT2D eigenvalue weighted by atomic mass is 19.3. The Labute approximate surface area is 117 Å². The van der Waals surface area contributed by atoms with Crippen LogP contribution in [-0.4, -0.2) is 35.3 Å². The molecule has 0 heterocycles. The van der Waals surface area contributed by atoms with E-state index in [0.29, 0.717) is 17.0 Å². The zero-order chi connectivity index (χ0) is 15.0. The number of halogens is 2. The number of nitrogens with zero attached hydrogens (tertiary/aromatic N) is 1. The van der Waals surface area contributed by atoms with Gasteiger partial charge in [-0.25, -0.2) is 8.78 Å². The Hall–Kier alpha value is -1.53. The third kappa shape index (κ3) is 6.08. The first-order chi connectivity index (χ1) is 9.44. The number of amides is 1. The van der Waals surface area contributed by atoms with Crippen molar-refractivity contribution in [3.8, 4) is 0 Å². The average molecular weight is 286 g/mol. The monoisotopic (exact) mass is 286 g/mol. The lowest BCUT2D eigenvalue weighted by molar-refractivity contribution is -0.118. The van der Waals surface area contributed by atoms with E-state index in [1.54, 1.807) is 37.3 Å². The topological polar surface area (TPSA) is 52.6 Å². The van der Waals surface area contributed by atoms with Gasteiger partial charge in [0.2, 0.25) is 5.92 Å². The minimum Gasteiger partial charge on any atom is -0.337 e. The summed E-state index contributed by atoms with van der Waals surface area (Å²) >= 11 is 0. The third-order valence-electron chi connectivity index (χ3n) is 2.81. The van der Waals surface area contributed by atoms with Crippen LogP contribution in [-0.2, 0) is 0 Å². The SMILES string of the molecule is CCCC(F)(F)CCN(O)CNC(=O)c1ccccc1. The van der Waals surface area contributed by atoms with Crippen molar-refractivity contribution in [1.82, 2.24) is 10.4 Å². The van der Waals surface area contributed by atoms with Crippen LogP contribution in [0.25, 0.3) is 0 Å². The lowest BCUT2D eigenvalue weighted by Crippen LogP contribution is -2.37. The predicted molar refractivity (Wildman–Crippen MR) is 71.7 cm³/mol. The normalized spacial score (nSPS) is 11.7. The summed E-state index contributed by atoms with van der Waals surface area (Å²) in [6.45, 7) is 1.31. The quantitative estimate of drug-likeness (QED) is 0.570. The average Bonchev–Trinajstić information content (AvgIpc) is 2.43. The molecule has 0 radical (unpaired) electrons. The van der Waals surface area contributed by atoms with Gasteiger partial charge in [-0.1, -0.05) is 31.5 Å². The van der Waals surface area contributed by atoms with Crippen LogP contribution >= 0.6 is 0 Å².